The van der Waals surface area contributed by atoms with Crippen LogP contribution in [0.5, 0.6) is 0 Å². The highest BCUT2D eigenvalue weighted by atomic mass is 35.5. The number of rotatable bonds is 8. The Morgan fingerprint density at radius 2 is 1.59 bits per heavy atom. The van der Waals surface area contributed by atoms with E-state index in [4.69, 9.17) is 16.3 Å². The van der Waals surface area contributed by atoms with Crippen LogP contribution in [0.2, 0.25) is 11.2 Å². The maximum atomic E-state index is 12.2. The first-order chi connectivity index (χ1) is 12.2. The van der Waals surface area contributed by atoms with Crippen molar-refractivity contribution in [2.75, 3.05) is 25.4 Å². The fraction of sp³-hybridized carbons (Fsp3) is 0.500. The highest BCUT2D eigenvalue weighted by molar-refractivity contribution is 8.73. The Bertz CT molecular complexity index is 1100. The third-order valence-corrected chi connectivity index (χ3v) is 36.8. The Hall–Kier alpha value is -1.06. The van der Waals surface area contributed by atoms with E-state index in [-0.39, 0.29) is 18.5 Å². The standard InChI is InChI=1S/C12H18ClN3O7S3Si/c1-24(17,18)27(25(2,19)20,26(3,21)22)7-6-23-9-16-5-4-10-11(13)14-8-15-12(10)16/h4-5,8H,6-7,9H2,1-3H3. The van der Waals surface area contributed by atoms with Crippen molar-refractivity contribution >= 4 is 56.0 Å². The van der Waals surface area contributed by atoms with Crippen LogP contribution in [0.4, 0.5) is 0 Å². The van der Waals surface area contributed by atoms with Crippen LogP contribution in [-0.4, -0.2) is 70.7 Å². The minimum Gasteiger partial charge on any atom is -0.361 e. The topological polar surface area (TPSA) is 142 Å². The van der Waals surface area contributed by atoms with E-state index >= 15 is 0 Å². The number of hydrogen-bond acceptors (Lipinski definition) is 9. The van der Waals surface area contributed by atoms with Gasteiger partial charge in [0.1, 0.15) is 23.9 Å². The maximum absolute atomic E-state index is 12.2. The molecular formula is C12H18ClN3O7S3Si. The molecule has 2 aromatic heterocycles. The molecule has 0 aliphatic rings. The predicted octanol–water partition coefficient (Wildman–Crippen LogP) is 0.131. The van der Waals surface area contributed by atoms with Crippen molar-refractivity contribution in [1.29, 1.82) is 0 Å². The Balaban J connectivity index is 2.25. The minimum absolute atomic E-state index is 0.0986. The summed E-state index contributed by atoms with van der Waals surface area (Å²) in [5.74, 6) is 0. The zero-order chi connectivity index (χ0) is 20.7. The van der Waals surface area contributed by atoms with Crippen LogP contribution >= 0.6 is 11.6 Å². The molecule has 0 unspecified atom stereocenters. The first-order valence-electron chi connectivity index (χ1n) is 7.34. The monoisotopic (exact) mass is 475 g/mol. The van der Waals surface area contributed by atoms with E-state index in [2.05, 4.69) is 9.97 Å². The lowest BCUT2D eigenvalue weighted by molar-refractivity contribution is 0.0904. The molecule has 2 aromatic rings. The van der Waals surface area contributed by atoms with Gasteiger partial charge in [0.25, 0.3) is 0 Å². The second-order valence-corrected chi connectivity index (χ2v) is 28.1. The summed E-state index contributed by atoms with van der Waals surface area (Å²) in [6.45, 7) is -0.476. The van der Waals surface area contributed by atoms with Crippen LogP contribution in [0.15, 0.2) is 18.6 Å². The van der Waals surface area contributed by atoms with Crippen molar-refractivity contribution in [1.82, 2.24) is 14.5 Å². The molecule has 27 heavy (non-hydrogen) atoms. The van der Waals surface area contributed by atoms with Crippen molar-refractivity contribution in [3.8, 4) is 0 Å². The lowest BCUT2D eigenvalue weighted by Crippen LogP contribution is -2.58. The van der Waals surface area contributed by atoms with Gasteiger partial charge in [0.15, 0.2) is 27.9 Å². The summed E-state index contributed by atoms with van der Waals surface area (Å²) in [5.41, 5.74) is -4.38. The van der Waals surface area contributed by atoms with Crippen molar-refractivity contribution in [2.45, 2.75) is 12.8 Å². The SMILES string of the molecule is CS(=O)(=O)[Si](CCOCn1ccc2c(Cl)ncnc21)(S(C)(=O)=O)S(C)(=O)=O. The molecule has 15 heteroatoms. The molecule has 0 atom stereocenters. The minimum atomic E-state index is -4.85. The Labute approximate surface area is 162 Å². The van der Waals surface area contributed by atoms with Crippen LogP contribution in [0.3, 0.4) is 0 Å². The van der Waals surface area contributed by atoms with Gasteiger partial charge in [-0.25, -0.2) is 35.2 Å². The van der Waals surface area contributed by atoms with Gasteiger partial charge >= 0.3 is 5.52 Å². The maximum Gasteiger partial charge on any atom is 0.454 e. The summed E-state index contributed by atoms with van der Waals surface area (Å²) < 4.78 is 80.1. The molecule has 0 aliphatic heterocycles. The van der Waals surface area contributed by atoms with Crippen molar-refractivity contribution in [2.24, 2.45) is 0 Å². The first-order valence-corrected chi connectivity index (χ1v) is 17.8. The first kappa shape index (κ1) is 22.2. The summed E-state index contributed by atoms with van der Waals surface area (Å²) in [4.78, 5) is 7.89. The molecule has 0 spiro atoms. The summed E-state index contributed by atoms with van der Waals surface area (Å²) in [6.07, 6.45) is 4.79. The van der Waals surface area contributed by atoms with Gasteiger partial charge < -0.3 is 9.30 Å². The van der Waals surface area contributed by atoms with Crippen LogP contribution in [0.1, 0.15) is 0 Å². The van der Waals surface area contributed by atoms with Crippen LogP contribution in [-0.2, 0) is 39.3 Å². The second kappa shape index (κ2) is 7.40. The van der Waals surface area contributed by atoms with Gasteiger partial charge in [0, 0.05) is 37.6 Å². The summed E-state index contributed by atoms with van der Waals surface area (Å²) >= 11 is 5.94. The average molecular weight is 476 g/mol. The number of aromatic nitrogens is 3. The van der Waals surface area contributed by atoms with Gasteiger partial charge in [0.2, 0.25) is 0 Å². The van der Waals surface area contributed by atoms with E-state index in [1.54, 1.807) is 16.8 Å². The molecule has 0 fully saturated rings. The Morgan fingerprint density at radius 3 is 2.11 bits per heavy atom. The molecule has 0 N–H and O–H groups in total. The van der Waals surface area contributed by atoms with Crippen LogP contribution < -0.4 is 0 Å². The molecule has 0 aliphatic carbocycles. The fourth-order valence-corrected chi connectivity index (χ4v) is 30.1. The quantitative estimate of drug-likeness (QED) is 0.295. The van der Waals surface area contributed by atoms with Gasteiger partial charge in [-0.3, -0.25) is 0 Å². The molecule has 10 nitrogen and oxygen atoms in total. The number of hydrogen-bond donors (Lipinski definition) is 0. The van der Waals surface area contributed by atoms with E-state index in [0.717, 1.165) is 0 Å². The molecule has 0 saturated heterocycles. The van der Waals surface area contributed by atoms with E-state index in [1.165, 1.54) is 6.33 Å². The van der Waals surface area contributed by atoms with Crippen molar-refractivity contribution in [3.63, 3.8) is 0 Å². The van der Waals surface area contributed by atoms with E-state index < -0.39 is 39.4 Å². The van der Waals surface area contributed by atoms with E-state index in [0.29, 0.717) is 29.8 Å². The van der Waals surface area contributed by atoms with Gasteiger partial charge in [-0.1, -0.05) is 11.6 Å². The Morgan fingerprint density at radius 1 is 1.04 bits per heavy atom. The molecule has 0 aromatic carbocycles. The number of halogens is 1. The highest BCUT2D eigenvalue weighted by Crippen LogP contribution is 2.29. The van der Waals surface area contributed by atoms with E-state index in [9.17, 15) is 25.3 Å². The van der Waals surface area contributed by atoms with Gasteiger partial charge in [-0.15, -0.1) is 0 Å². The summed E-state index contributed by atoms with van der Waals surface area (Å²) in [6, 6.07) is 1.03. The lowest BCUT2D eigenvalue weighted by atomic mass is 10.4. The third-order valence-electron chi connectivity index (χ3n) is 3.99. The molecular weight excluding hydrogens is 458 g/mol. The largest absolute Gasteiger partial charge is 0.454 e. The number of nitrogens with zero attached hydrogens (tertiary/aromatic N) is 3. The molecule has 2 rings (SSSR count). The third kappa shape index (κ3) is 4.05. The van der Waals surface area contributed by atoms with E-state index in [1.807, 2.05) is 0 Å². The highest BCUT2D eigenvalue weighted by Gasteiger charge is 2.64. The van der Waals surface area contributed by atoms with Crippen LogP contribution in [0.25, 0.3) is 11.0 Å². The average Bonchev–Trinajstić information content (AvgIpc) is 2.87. The fourth-order valence-electron chi connectivity index (χ4n) is 2.82. The van der Waals surface area contributed by atoms with Crippen molar-refractivity contribution < 1.29 is 30.0 Å². The van der Waals surface area contributed by atoms with Gasteiger partial charge in [-0.05, 0) is 6.07 Å². The summed E-state index contributed by atoms with van der Waals surface area (Å²) in [7, 11) is -13.1. The van der Waals surface area contributed by atoms with Crippen LogP contribution in [0, 0.1) is 0 Å². The van der Waals surface area contributed by atoms with Crippen molar-refractivity contribution in [3.05, 3.63) is 23.7 Å². The zero-order valence-electron chi connectivity index (χ0n) is 14.7. The number of ether oxygens (including phenoxy) is 1. The molecule has 0 amide bonds. The molecule has 0 bridgehead atoms. The molecule has 152 valence electrons. The zero-order valence-corrected chi connectivity index (χ0v) is 18.9. The molecule has 0 saturated carbocycles. The Kier molecular flexibility index (Phi) is 6.09. The van der Waals surface area contributed by atoms with Gasteiger partial charge in [-0.2, -0.15) is 0 Å². The predicted molar refractivity (Wildman–Crippen MR) is 104 cm³/mol. The lowest BCUT2D eigenvalue weighted by Gasteiger charge is -2.24. The summed E-state index contributed by atoms with van der Waals surface area (Å²) in [5, 5.41) is 0.825. The molecule has 0 radical (unpaired) electrons. The normalized spacial score (nSPS) is 13.9. The molecule has 2 heterocycles. The van der Waals surface area contributed by atoms with Gasteiger partial charge in [0.05, 0.1) is 5.39 Å². The smallest absolute Gasteiger partial charge is 0.361 e. The number of fused-ring (bicyclic) bond motifs is 1. The second-order valence-electron chi connectivity index (χ2n) is 5.97.